The van der Waals surface area contributed by atoms with Gasteiger partial charge in [-0.15, -0.1) is 0 Å². The first kappa shape index (κ1) is 20.5. The van der Waals surface area contributed by atoms with Crippen molar-refractivity contribution in [3.8, 4) is 6.07 Å². The molecule has 0 N–H and O–H groups in total. The number of nitriles is 1. The first-order valence-corrected chi connectivity index (χ1v) is 10.4. The molecule has 0 bridgehead atoms. The average molecular weight is 424 g/mol. The van der Waals surface area contributed by atoms with Crippen molar-refractivity contribution in [2.45, 2.75) is 32.5 Å². The molecule has 4 nitrogen and oxygen atoms in total. The Morgan fingerprint density at radius 3 is 2.77 bits per heavy atom. The fourth-order valence-electron chi connectivity index (χ4n) is 4.02. The summed E-state index contributed by atoms with van der Waals surface area (Å²) in [5, 5.41) is 9.61. The highest BCUT2D eigenvalue weighted by Crippen LogP contribution is 2.30. The van der Waals surface area contributed by atoms with Crippen LogP contribution in [0.5, 0.6) is 0 Å². The number of hydrogen-bond acceptors (Lipinski definition) is 4. The lowest BCUT2D eigenvalue weighted by molar-refractivity contribution is 0.290. The summed E-state index contributed by atoms with van der Waals surface area (Å²) in [5.41, 5.74) is 1.97. The van der Waals surface area contributed by atoms with Crippen LogP contribution in [0.25, 0.3) is 0 Å². The Balaban J connectivity index is 1.58. The van der Waals surface area contributed by atoms with Crippen molar-refractivity contribution in [1.29, 1.82) is 5.26 Å². The molecule has 1 aliphatic rings. The van der Waals surface area contributed by atoms with E-state index in [0.29, 0.717) is 22.7 Å². The molecule has 0 aliphatic carbocycles. The van der Waals surface area contributed by atoms with Crippen LogP contribution in [-0.2, 0) is 13.1 Å². The molecular formula is C24H23ClFN3O. The maximum Gasteiger partial charge on any atom is 0.128 e. The Labute approximate surface area is 181 Å². The molecule has 2 aromatic carbocycles. The van der Waals surface area contributed by atoms with Gasteiger partial charge >= 0.3 is 0 Å². The van der Waals surface area contributed by atoms with Crippen molar-refractivity contribution < 1.29 is 8.81 Å². The molecule has 0 radical (unpaired) electrons. The van der Waals surface area contributed by atoms with Crippen LogP contribution < -0.4 is 4.90 Å². The maximum atomic E-state index is 14.4. The van der Waals surface area contributed by atoms with E-state index in [-0.39, 0.29) is 11.9 Å². The maximum absolute atomic E-state index is 14.4. The van der Waals surface area contributed by atoms with Crippen LogP contribution in [0.4, 0.5) is 10.1 Å². The topological polar surface area (TPSA) is 43.4 Å². The zero-order valence-corrected chi connectivity index (χ0v) is 17.6. The van der Waals surface area contributed by atoms with Gasteiger partial charge in [-0.05, 0) is 49.7 Å². The summed E-state index contributed by atoms with van der Waals surface area (Å²) in [7, 11) is 0. The first-order chi connectivity index (χ1) is 14.5. The van der Waals surface area contributed by atoms with Crippen LogP contribution in [0.3, 0.4) is 0 Å². The second-order valence-electron chi connectivity index (χ2n) is 7.69. The highest BCUT2D eigenvalue weighted by molar-refractivity contribution is 6.32. The number of hydrogen-bond donors (Lipinski definition) is 0. The number of nitrogens with zero attached hydrogens (tertiary/aromatic N) is 3. The summed E-state index contributed by atoms with van der Waals surface area (Å²) in [5.74, 6) is 1.65. The van der Waals surface area contributed by atoms with Crippen LogP contribution in [0.1, 0.15) is 29.1 Å². The number of benzene rings is 2. The lowest BCUT2D eigenvalue weighted by Crippen LogP contribution is -2.37. The van der Waals surface area contributed by atoms with E-state index in [2.05, 4.69) is 15.9 Å². The molecule has 2 heterocycles. The van der Waals surface area contributed by atoms with Crippen molar-refractivity contribution in [1.82, 2.24) is 4.90 Å². The van der Waals surface area contributed by atoms with Crippen LogP contribution in [0.2, 0.25) is 5.02 Å². The van der Waals surface area contributed by atoms with Crippen molar-refractivity contribution >= 4 is 17.3 Å². The van der Waals surface area contributed by atoms with E-state index in [0.717, 1.165) is 43.3 Å². The summed E-state index contributed by atoms with van der Waals surface area (Å²) >= 11 is 6.31. The van der Waals surface area contributed by atoms with E-state index in [1.165, 1.54) is 6.07 Å². The molecule has 4 rings (SSSR count). The smallest absolute Gasteiger partial charge is 0.128 e. The van der Waals surface area contributed by atoms with E-state index in [1.807, 2.05) is 37.3 Å². The SMILES string of the molecule is Cc1ccc(CN2CC[C@H](N(Cc3ccccc3F)c3ccc(C#N)c(Cl)c3)C2)o1. The molecule has 3 aromatic rings. The summed E-state index contributed by atoms with van der Waals surface area (Å²) < 4.78 is 20.1. The van der Waals surface area contributed by atoms with E-state index < -0.39 is 0 Å². The zero-order valence-electron chi connectivity index (χ0n) is 16.8. The second kappa shape index (κ2) is 8.91. The van der Waals surface area contributed by atoms with Crippen LogP contribution in [0, 0.1) is 24.1 Å². The normalized spacial score (nSPS) is 16.5. The molecule has 0 amide bonds. The third-order valence-electron chi connectivity index (χ3n) is 5.57. The molecule has 154 valence electrons. The largest absolute Gasteiger partial charge is 0.465 e. The van der Waals surface area contributed by atoms with Gasteiger partial charge in [0.15, 0.2) is 0 Å². The Hall–Kier alpha value is -2.81. The summed E-state index contributed by atoms with van der Waals surface area (Å²) in [6.07, 6.45) is 0.950. The van der Waals surface area contributed by atoms with Crippen LogP contribution in [0.15, 0.2) is 59.0 Å². The standard InChI is InChI=1S/C24H23ClFN3O/c1-17-6-9-22(30-17)16-28-11-10-21(15-28)29(14-19-4-2-3-5-24(19)26)20-8-7-18(13-27)23(25)12-20/h2-9,12,21H,10-11,14-16H2,1H3/t21-/m0/s1. The monoisotopic (exact) mass is 423 g/mol. The number of halogens is 2. The van der Waals surface area contributed by atoms with Gasteiger partial charge in [0.05, 0.1) is 17.1 Å². The molecule has 1 fully saturated rings. The Kier molecular flexibility index (Phi) is 6.08. The lowest BCUT2D eigenvalue weighted by atomic mass is 10.1. The number of anilines is 1. The predicted molar refractivity (Wildman–Crippen MR) is 116 cm³/mol. The van der Waals surface area contributed by atoms with Crippen LogP contribution in [-0.4, -0.2) is 24.0 Å². The highest BCUT2D eigenvalue weighted by Gasteiger charge is 2.29. The molecule has 0 spiro atoms. The third-order valence-corrected chi connectivity index (χ3v) is 5.88. The molecule has 1 aromatic heterocycles. The van der Waals surface area contributed by atoms with Gasteiger partial charge in [-0.1, -0.05) is 29.8 Å². The van der Waals surface area contributed by atoms with E-state index in [9.17, 15) is 9.65 Å². The van der Waals surface area contributed by atoms with Crippen molar-refractivity contribution in [2.24, 2.45) is 0 Å². The van der Waals surface area contributed by atoms with Gasteiger partial charge < -0.3 is 9.32 Å². The molecule has 1 saturated heterocycles. The molecule has 1 aliphatic heterocycles. The minimum atomic E-state index is -0.219. The second-order valence-corrected chi connectivity index (χ2v) is 8.09. The number of rotatable bonds is 6. The Bertz CT molecular complexity index is 1070. The van der Waals surface area contributed by atoms with Crippen molar-refractivity contribution in [2.75, 3.05) is 18.0 Å². The third kappa shape index (κ3) is 4.51. The molecular weight excluding hydrogens is 401 g/mol. The van der Waals surface area contributed by atoms with Gasteiger partial charge in [0.1, 0.15) is 23.4 Å². The minimum Gasteiger partial charge on any atom is -0.465 e. The molecule has 0 saturated carbocycles. The molecule has 6 heteroatoms. The van der Waals surface area contributed by atoms with E-state index in [4.69, 9.17) is 16.0 Å². The van der Waals surface area contributed by atoms with Gasteiger partial charge in [0.2, 0.25) is 0 Å². The average Bonchev–Trinajstić information content (AvgIpc) is 3.36. The fraction of sp³-hybridized carbons (Fsp3) is 0.292. The lowest BCUT2D eigenvalue weighted by Gasteiger charge is -2.32. The predicted octanol–water partition coefficient (Wildman–Crippen LogP) is 5.53. The van der Waals surface area contributed by atoms with Gasteiger partial charge in [-0.25, -0.2) is 4.39 Å². The van der Waals surface area contributed by atoms with Gasteiger partial charge in [0, 0.05) is 36.9 Å². The van der Waals surface area contributed by atoms with Crippen molar-refractivity contribution in [3.05, 3.63) is 88.1 Å². The first-order valence-electron chi connectivity index (χ1n) is 10.0. The quantitative estimate of drug-likeness (QED) is 0.522. The van der Waals surface area contributed by atoms with E-state index >= 15 is 0 Å². The number of aryl methyl sites for hydroxylation is 1. The summed E-state index contributed by atoms with van der Waals surface area (Å²) in [6, 6.07) is 18.6. The van der Waals surface area contributed by atoms with Gasteiger partial charge in [0.25, 0.3) is 0 Å². The van der Waals surface area contributed by atoms with E-state index in [1.54, 1.807) is 18.2 Å². The number of likely N-dealkylation sites (tertiary alicyclic amines) is 1. The van der Waals surface area contributed by atoms with Gasteiger partial charge in [-0.2, -0.15) is 5.26 Å². The number of furan rings is 1. The minimum absolute atomic E-state index is 0.199. The Morgan fingerprint density at radius 1 is 1.23 bits per heavy atom. The summed E-state index contributed by atoms with van der Waals surface area (Å²) in [6.45, 7) is 4.91. The van der Waals surface area contributed by atoms with Gasteiger partial charge in [-0.3, -0.25) is 4.90 Å². The molecule has 1 atom stereocenters. The van der Waals surface area contributed by atoms with Crippen molar-refractivity contribution in [3.63, 3.8) is 0 Å². The Morgan fingerprint density at radius 2 is 2.07 bits per heavy atom. The molecule has 0 unspecified atom stereocenters. The highest BCUT2D eigenvalue weighted by atomic mass is 35.5. The van der Waals surface area contributed by atoms with Crippen LogP contribution >= 0.6 is 11.6 Å². The fourth-order valence-corrected chi connectivity index (χ4v) is 4.23. The summed E-state index contributed by atoms with van der Waals surface area (Å²) in [4.78, 5) is 4.54. The molecule has 30 heavy (non-hydrogen) atoms. The zero-order chi connectivity index (χ0) is 21.1.